The molecule has 1 aromatic heterocycles. The number of rotatable bonds is 4. The van der Waals surface area contributed by atoms with Gasteiger partial charge in [0, 0.05) is 25.9 Å². The minimum Gasteiger partial charge on any atom is -0.508 e. The van der Waals surface area contributed by atoms with Crippen LogP contribution >= 0.6 is 11.3 Å². The van der Waals surface area contributed by atoms with Crippen LogP contribution in [-0.4, -0.2) is 35.6 Å². The zero-order chi connectivity index (χ0) is 19.7. The molecule has 1 fully saturated rings. The van der Waals surface area contributed by atoms with Crippen molar-refractivity contribution in [3.05, 3.63) is 42.5 Å². The number of aromatic hydroxyl groups is 1. The zero-order valence-electron chi connectivity index (χ0n) is 14.6. The molecule has 1 saturated heterocycles. The maximum atomic E-state index is 12.2. The second-order valence-corrected chi connectivity index (χ2v) is 7.48. The summed E-state index contributed by atoms with van der Waals surface area (Å²) in [4.78, 5) is 6.79. The average Bonchev–Trinajstić information content (AvgIpc) is 3.06. The van der Waals surface area contributed by atoms with Gasteiger partial charge in [-0.2, -0.15) is 0 Å². The summed E-state index contributed by atoms with van der Waals surface area (Å²) in [6, 6.07) is 10.6. The highest BCUT2D eigenvalue weighted by Crippen LogP contribution is 2.33. The molecule has 3 aromatic rings. The van der Waals surface area contributed by atoms with Gasteiger partial charge >= 0.3 is 6.36 Å². The number of benzene rings is 2. The van der Waals surface area contributed by atoms with Crippen LogP contribution in [0.2, 0.25) is 0 Å². The van der Waals surface area contributed by atoms with E-state index < -0.39 is 6.36 Å². The Kier molecular flexibility index (Phi) is 4.92. The number of hydrogen-bond acceptors (Lipinski definition) is 6. The molecule has 0 atom stereocenters. The highest BCUT2D eigenvalue weighted by molar-refractivity contribution is 7.22. The number of alkyl halides is 3. The van der Waals surface area contributed by atoms with Gasteiger partial charge in [0.05, 0.1) is 10.2 Å². The third-order valence-electron chi connectivity index (χ3n) is 4.43. The Bertz CT molecular complexity index is 951. The molecule has 1 aliphatic rings. The Balaban J connectivity index is 1.33. The van der Waals surface area contributed by atoms with Crippen molar-refractivity contribution in [2.24, 2.45) is 0 Å². The monoisotopic (exact) mass is 410 g/mol. The lowest BCUT2D eigenvalue weighted by Gasteiger charge is -2.31. The summed E-state index contributed by atoms with van der Waals surface area (Å²) in [5, 5.41) is 10.5. The van der Waals surface area contributed by atoms with Crippen molar-refractivity contribution in [3.63, 3.8) is 0 Å². The number of anilines is 1. The van der Waals surface area contributed by atoms with Crippen LogP contribution in [0.25, 0.3) is 10.2 Å². The maximum Gasteiger partial charge on any atom is 0.573 e. The summed E-state index contributed by atoms with van der Waals surface area (Å²) in [6.07, 6.45) is -3.15. The summed E-state index contributed by atoms with van der Waals surface area (Å²) < 4.78 is 47.3. The van der Waals surface area contributed by atoms with Crippen molar-refractivity contribution in [2.75, 3.05) is 18.0 Å². The fourth-order valence-electron chi connectivity index (χ4n) is 3.11. The van der Waals surface area contributed by atoms with E-state index in [0.717, 1.165) is 41.3 Å². The molecule has 0 radical (unpaired) electrons. The summed E-state index contributed by atoms with van der Waals surface area (Å²) in [5.74, 6) is 0.474. The predicted molar refractivity (Wildman–Crippen MR) is 100 cm³/mol. The fraction of sp³-hybridized carbons (Fsp3) is 0.316. The number of phenols is 1. The highest BCUT2D eigenvalue weighted by Gasteiger charge is 2.31. The highest BCUT2D eigenvalue weighted by atomic mass is 32.1. The number of hydrogen-bond donors (Lipinski definition) is 1. The molecule has 0 aliphatic carbocycles. The molecular weight excluding hydrogens is 393 g/mol. The molecule has 0 amide bonds. The van der Waals surface area contributed by atoms with E-state index in [4.69, 9.17) is 4.74 Å². The Hall–Kier alpha value is -2.68. The Morgan fingerprint density at radius 3 is 2.39 bits per heavy atom. The largest absolute Gasteiger partial charge is 0.573 e. The first-order chi connectivity index (χ1) is 13.4. The molecule has 148 valence electrons. The van der Waals surface area contributed by atoms with Gasteiger partial charge in [0.2, 0.25) is 0 Å². The number of ether oxygens (including phenoxy) is 2. The number of aromatic nitrogens is 1. The molecule has 0 spiro atoms. The topological polar surface area (TPSA) is 54.8 Å². The van der Waals surface area contributed by atoms with Crippen molar-refractivity contribution in [2.45, 2.75) is 25.3 Å². The number of phenolic OH excluding ortho intramolecular Hbond substituents is 1. The summed E-state index contributed by atoms with van der Waals surface area (Å²) in [7, 11) is 0. The van der Waals surface area contributed by atoms with Crippen LogP contribution in [0, 0.1) is 0 Å². The molecule has 28 heavy (non-hydrogen) atoms. The third kappa shape index (κ3) is 4.41. The molecular formula is C19H17F3N2O3S. The zero-order valence-corrected chi connectivity index (χ0v) is 15.5. The fourth-order valence-corrected chi connectivity index (χ4v) is 4.16. The SMILES string of the molecule is Oc1ccc2nc(N3CCC(Oc4ccc(OC(F)(F)F)cc4)CC3)sc2c1. The van der Waals surface area contributed by atoms with E-state index in [9.17, 15) is 18.3 Å². The Labute approximate surface area is 162 Å². The van der Waals surface area contributed by atoms with Crippen LogP contribution in [0.15, 0.2) is 42.5 Å². The summed E-state index contributed by atoms with van der Waals surface area (Å²) >= 11 is 1.54. The van der Waals surface area contributed by atoms with Crippen LogP contribution in [0.1, 0.15) is 12.8 Å². The number of piperidine rings is 1. The Morgan fingerprint density at radius 1 is 1.04 bits per heavy atom. The van der Waals surface area contributed by atoms with Crippen molar-refractivity contribution in [1.29, 1.82) is 0 Å². The van der Waals surface area contributed by atoms with Crippen LogP contribution in [0.3, 0.4) is 0 Å². The van der Waals surface area contributed by atoms with Gasteiger partial charge in [-0.15, -0.1) is 13.2 Å². The second-order valence-electron chi connectivity index (χ2n) is 6.47. The molecule has 2 aromatic carbocycles. The molecule has 1 aliphatic heterocycles. The first kappa shape index (κ1) is 18.7. The quantitative estimate of drug-likeness (QED) is 0.660. The van der Waals surface area contributed by atoms with Crippen molar-refractivity contribution in [3.8, 4) is 17.2 Å². The van der Waals surface area contributed by atoms with E-state index in [1.807, 2.05) is 0 Å². The van der Waals surface area contributed by atoms with Crippen molar-refractivity contribution in [1.82, 2.24) is 4.98 Å². The maximum absolute atomic E-state index is 12.2. The average molecular weight is 410 g/mol. The van der Waals surface area contributed by atoms with Gasteiger partial charge in [-0.25, -0.2) is 4.98 Å². The number of halogens is 3. The van der Waals surface area contributed by atoms with Gasteiger partial charge < -0.3 is 19.5 Å². The van der Waals surface area contributed by atoms with E-state index in [-0.39, 0.29) is 17.6 Å². The van der Waals surface area contributed by atoms with E-state index in [1.54, 1.807) is 18.2 Å². The number of fused-ring (bicyclic) bond motifs is 1. The second kappa shape index (κ2) is 7.38. The molecule has 0 unspecified atom stereocenters. The van der Waals surface area contributed by atoms with Gasteiger partial charge in [0.25, 0.3) is 0 Å². The molecule has 2 heterocycles. The standard InChI is InChI=1S/C19H17F3N2O3S/c20-19(21,22)27-15-4-2-13(3-5-15)26-14-7-9-24(10-8-14)18-23-16-6-1-12(25)11-17(16)28-18/h1-6,11,14,25H,7-10H2. The van der Waals surface area contributed by atoms with Gasteiger partial charge in [-0.1, -0.05) is 11.3 Å². The van der Waals surface area contributed by atoms with E-state index >= 15 is 0 Å². The van der Waals surface area contributed by atoms with Gasteiger partial charge in [-0.3, -0.25) is 0 Å². The van der Waals surface area contributed by atoms with Crippen molar-refractivity contribution >= 4 is 26.7 Å². The van der Waals surface area contributed by atoms with Gasteiger partial charge in [-0.05, 0) is 42.5 Å². The lowest BCUT2D eigenvalue weighted by Crippen LogP contribution is -2.38. The Morgan fingerprint density at radius 2 is 1.71 bits per heavy atom. The first-order valence-electron chi connectivity index (χ1n) is 8.73. The first-order valence-corrected chi connectivity index (χ1v) is 9.54. The third-order valence-corrected chi connectivity index (χ3v) is 5.51. The van der Waals surface area contributed by atoms with E-state index in [0.29, 0.717) is 5.75 Å². The van der Waals surface area contributed by atoms with Gasteiger partial charge in [0.1, 0.15) is 23.4 Å². The molecule has 4 rings (SSSR count). The molecule has 1 N–H and O–H groups in total. The van der Waals surface area contributed by atoms with E-state index in [2.05, 4.69) is 14.6 Å². The minimum atomic E-state index is -4.70. The van der Waals surface area contributed by atoms with Crippen LogP contribution in [0.5, 0.6) is 17.2 Å². The minimum absolute atomic E-state index is 0.0101. The number of nitrogens with zero attached hydrogens (tertiary/aromatic N) is 2. The molecule has 0 saturated carbocycles. The molecule has 9 heteroatoms. The normalized spacial score (nSPS) is 15.8. The van der Waals surface area contributed by atoms with Crippen LogP contribution < -0.4 is 14.4 Å². The number of thiazole rings is 1. The van der Waals surface area contributed by atoms with Crippen molar-refractivity contribution < 1.29 is 27.8 Å². The molecule has 0 bridgehead atoms. The lowest BCUT2D eigenvalue weighted by molar-refractivity contribution is -0.274. The van der Waals surface area contributed by atoms with E-state index in [1.165, 1.54) is 35.6 Å². The van der Waals surface area contributed by atoms with Crippen LogP contribution in [0.4, 0.5) is 18.3 Å². The van der Waals surface area contributed by atoms with Crippen LogP contribution in [-0.2, 0) is 0 Å². The lowest BCUT2D eigenvalue weighted by atomic mass is 10.1. The summed E-state index contributed by atoms with van der Waals surface area (Å²) in [5.41, 5.74) is 0.859. The predicted octanol–water partition coefficient (Wildman–Crippen LogP) is 4.95. The molecule has 5 nitrogen and oxygen atoms in total. The van der Waals surface area contributed by atoms with Gasteiger partial charge in [0.15, 0.2) is 5.13 Å². The summed E-state index contributed by atoms with van der Waals surface area (Å²) in [6.45, 7) is 1.54. The smallest absolute Gasteiger partial charge is 0.508 e.